The summed E-state index contributed by atoms with van der Waals surface area (Å²) in [4.78, 5) is 40.6. The molecule has 0 rings (SSSR count). The molecule has 0 aromatic rings. The number of rotatable bonds is 4. The quantitative estimate of drug-likeness (QED) is 0.378. The molecule has 0 aliphatic carbocycles. The summed E-state index contributed by atoms with van der Waals surface area (Å²) in [6.45, 7) is 0. The summed E-state index contributed by atoms with van der Waals surface area (Å²) < 4.78 is 0. The van der Waals surface area contributed by atoms with Crippen molar-refractivity contribution in [3.05, 3.63) is 0 Å². The van der Waals surface area contributed by atoms with Gasteiger partial charge in [0.15, 0.2) is 0 Å². The number of amides is 4. The van der Waals surface area contributed by atoms with E-state index in [2.05, 4.69) is 5.73 Å². The van der Waals surface area contributed by atoms with Gasteiger partial charge in [0.25, 0.3) is 0 Å². The predicted molar refractivity (Wildman–Crippen MR) is 32.8 cm³/mol. The van der Waals surface area contributed by atoms with Crippen LogP contribution in [0, 0.1) is 0 Å². The number of carbonyl (C=O) groups excluding carboxylic acids is 4. The third kappa shape index (κ3) is 3.09. The fraction of sp³-hybridized carbons (Fsp3) is 0.200. The average molecular weight is 158 g/mol. The van der Waals surface area contributed by atoms with Crippen molar-refractivity contribution in [2.24, 2.45) is 5.73 Å². The fourth-order valence-electron chi connectivity index (χ4n) is 0.383. The normalized spacial score (nSPS) is 8.36. The minimum absolute atomic E-state index is 0.0122. The second-order valence-electron chi connectivity index (χ2n) is 1.65. The van der Waals surface area contributed by atoms with Gasteiger partial charge in [-0.25, -0.2) is 4.90 Å². The van der Waals surface area contributed by atoms with Crippen molar-refractivity contribution in [2.75, 3.05) is 0 Å². The van der Waals surface area contributed by atoms with Crippen molar-refractivity contribution in [2.45, 2.75) is 6.42 Å². The summed E-state index contributed by atoms with van der Waals surface area (Å²) >= 11 is 0. The van der Waals surface area contributed by atoms with Crippen LogP contribution in [0.25, 0.3) is 0 Å². The molecule has 0 saturated heterocycles. The topological polar surface area (TPSA) is 97.5 Å². The van der Waals surface area contributed by atoms with Gasteiger partial charge in [-0.2, -0.15) is 0 Å². The molecule has 0 heterocycles. The van der Waals surface area contributed by atoms with E-state index in [0.29, 0.717) is 0 Å². The van der Waals surface area contributed by atoms with Gasteiger partial charge in [0, 0.05) is 0 Å². The highest BCUT2D eigenvalue weighted by Gasteiger charge is 2.13. The Morgan fingerprint density at radius 2 is 1.73 bits per heavy atom. The molecule has 2 N–H and O–H groups in total. The Balaban J connectivity index is 4.10. The molecule has 0 aliphatic rings. The number of hydrogen-bond donors (Lipinski definition) is 1. The molecule has 0 aromatic heterocycles. The molecule has 0 unspecified atom stereocenters. The van der Waals surface area contributed by atoms with Crippen molar-refractivity contribution in [1.82, 2.24) is 4.90 Å². The Kier molecular flexibility index (Phi) is 3.50. The Morgan fingerprint density at radius 1 is 1.27 bits per heavy atom. The van der Waals surface area contributed by atoms with Crippen LogP contribution in [0.4, 0.5) is 0 Å². The molecule has 0 aromatic carbocycles. The molecular formula is C5H6N2O4. The number of hydrogen-bond acceptors (Lipinski definition) is 4. The van der Waals surface area contributed by atoms with E-state index in [-0.39, 0.29) is 17.7 Å². The first kappa shape index (κ1) is 9.28. The number of nitrogens with two attached hydrogens (primary N) is 1. The zero-order valence-corrected chi connectivity index (χ0v) is 5.52. The van der Waals surface area contributed by atoms with Crippen LogP contribution >= 0.6 is 0 Å². The molecule has 0 aliphatic heterocycles. The summed E-state index contributed by atoms with van der Waals surface area (Å²) in [5.41, 5.74) is 4.62. The van der Waals surface area contributed by atoms with Gasteiger partial charge in [-0.1, -0.05) is 0 Å². The zero-order valence-electron chi connectivity index (χ0n) is 5.52. The summed E-state index contributed by atoms with van der Waals surface area (Å²) in [6, 6.07) is 0. The van der Waals surface area contributed by atoms with Crippen molar-refractivity contribution < 1.29 is 19.2 Å². The van der Waals surface area contributed by atoms with Crippen LogP contribution < -0.4 is 5.73 Å². The molecule has 60 valence electrons. The lowest BCUT2D eigenvalue weighted by atomic mass is 10.4. The lowest BCUT2D eigenvalue weighted by Gasteiger charge is -2.03. The number of carbonyl (C=O) groups is 4. The smallest absolute Gasteiger partial charge is 0.245 e. The Labute approximate surface area is 61.9 Å². The third-order valence-corrected chi connectivity index (χ3v) is 0.841. The second kappa shape index (κ2) is 4.15. The Morgan fingerprint density at radius 3 is 2.00 bits per heavy atom. The summed E-state index contributed by atoms with van der Waals surface area (Å²) in [5, 5.41) is 0. The van der Waals surface area contributed by atoms with Crippen LogP contribution in [0.15, 0.2) is 0 Å². The van der Waals surface area contributed by atoms with E-state index in [9.17, 15) is 19.2 Å². The van der Waals surface area contributed by atoms with Gasteiger partial charge in [-0.05, 0) is 0 Å². The average Bonchev–Trinajstić information content (AvgIpc) is 1.88. The molecule has 11 heavy (non-hydrogen) atoms. The molecule has 6 heteroatoms. The van der Waals surface area contributed by atoms with E-state index < -0.39 is 18.2 Å². The van der Waals surface area contributed by atoms with Crippen molar-refractivity contribution in [3.63, 3.8) is 0 Å². The van der Waals surface area contributed by atoms with Crippen LogP contribution in [-0.4, -0.2) is 29.5 Å². The minimum Gasteiger partial charge on any atom is -0.369 e. The molecule has 4 amide bonds. The number of nitrogens with zero attached hydrogens (tertiary/aromatic N) is 1. The highest BCUT2D eigenvalue weighted by atomic mass is 16.2. The zero-order chi connectivity index (χ0) is 8.85. The van der Waals surface area contributed by atoms with Gasteiger partial charge in [0.1, 0.15) is 6.42 Å². The van der Waals surface area contributed by atoms with E-state index in [1.54, 1.807) is 0 Å². The van der Waals surface area contributed by atoms with Crippen molar-refractivity contribution in [3.8, 4) is 0 Å². The lowest BCUT2D eigenvalue weighted by molar-refractivity contribution is -0.144. The van der Waals surface area contributed by atoms with E-state index in [4.69, 9.17) is 0 Å². The van der Waals surface area contributed by atoms with Gasteiger partial charge in [0.05, 0.1) is 0 Å². The van der Waals surface area contributed by atoms with Crippen LogP contribution in [0.2, 0.25) is 0 Å². The lowest BCUT2D eigenvalue weighted by Crippen LogP contribution is -2.31. The largest absolute Gasteiger partial charge is 0.369 e. The monoisotopic (exact) mass is 158 g/mol. The first-order chi connectivity index (χ1) is 5.11. The molecule has 0 radical (unpaired) electrons. The second-order valence-corrected chi connectivity index (χ2v) is 1.65. The van der Waals surface area contributed by atoms with Crippen LogP contribution in [0.3, 0.4) is 0 Å². The molecule has 0 saturated carbocycles. The molecule has 0 spiro atoms. The van der Waals surface area contributed by atoms with Gasteiger partial charge in [0.2, 0.25) is 24.6 Å². The number of imide groups is 3. The highest BCUT2D eigenvalue weighted by molar-refractivity contribution is 6.05. The standard InChI is InChI=1S/C5H6N2O4/c6-4(10)1-5(11)7(2-8)3-9/h2-3H,1H2,(H2,6,10). The molecule has 6 nitrogen and oxygen atoms in total. The maximum absolute atomic E-state index is 10.6. The summed E-state index contributed by atoms with van der Waals surface area (Å²) in [6.07, 6.45) is -0.617. The van der Waals surface area contributed by atoms with E-state index in [1.807, 2.05) is 0 Å². The first-order valence-corrected chi connectivity index (χ1v) is 2.62. The van der Waals surface area contributed by atoms with Gasteiger partial charge in [-0.3, -0.25) is 19.2 Å². The van der Waals surface area contributed by atoms with E-state index in [1.165, 1.54) is 0 Å². The number of primary amides is 1. The summed E-state index contributed by atoms with van der Waals surface area (Å²) in [7, 11) is 0. The van der Waals surface area contributed by atoms with Gasteiger partial charge in [-0.15, -0.1) is 0 Å². The van der Waals surface area contributed by atoms with Gasteiger partial charge >= 0.3 is 0 Å². The van der Waals surface area contributed by atoms with Crippen LogP contribution in [0.5, 0.6) is 0 Å². The maximum atomic E-state index is 10.6. The van der Waals surface area contributed by atoms with E-state index >= 15 is 0 Å². The fourth-order valence-corrected chi connectivity index (χ4v) is 0.383. The SMILES string of the molecule is NC(=O)CC(=O)N(C=O)C=O. The van der Waals surface area contributed by atoms with Gasteiger partial charge < -0.3 is 5.73 Å². The molecular weight excluding hydrogens is 152 g/mol. The van der Waals surface area contributed by atoms with Crippen molar-refractivity contribution in [1.29, 1.82) is 0 Å². The summed E-state index contributed by atoms with van der Waals surface area (Å²) in [5.74, 6) is -1.81. The Hall–Kier alpha value is -1.72. The first-order valence-electron chi connectivity index (χ1n) is 2.62. The van der Waals surface area contributed by atoms with Crippen LogP contribution in [-0.2, 0) is 19.2 Å². The Bertz CT molecular complexity index is 193. The van der Waals surface area contributed by atoms with E-state index in [0.717, 1.165) is 0 Å². The van der Waals surface area contributed by atoms with Crippen molar-refractivity contribution >= 4 is 24.6 Å². The predicted octanol–water partition coefficient (Wildman–Crippen LogP) is -2.00. The molecule has 0 atom stereocenters. The minimum atomic E-state index is -0.928. The highest BCUT2D eigenvalue weighted by Crippen LogP contribution is 1.85. The molecule has 0 fully saturated rings. The molecule has 0 bridgehead atoms. The van der Waals surface area contributed by atoms with Crippen LogP contribution in [0.1, 0.15) is 6.42 Å². The third-order valence-electron chi connectivity index (χ3n) is 0.841. The maximum Gasteiger partial charge on any atom is 0.245 e.